The van der Waals surface area contributed by atoms with Gasteiger partial charge in [-0.1, -0.05) is 29.3 Å². The molecule has 2 aromatic rings. The van der Waals surface area contributed by atoms with Gasteiger partial charge < -0.3 is 5.11 Å². The highest BCUT2D eigenvalue weighted by Crippen LogP contribution is 2.25. The highest BCUT2D eigenvalue weighted by atomic mass is 35.5. The van der Waals surface area contributed by atoms with Crippen molar-refractivity contribution in [1.82, 2.24) is 9.78 Å². The van der Waals surface area contributed by atoms with E-state index < -0.39 is 11.9 Å². The van der Waals surface area contributed by atoms with Crippen molar-refractivity contribution in [1.29, 1.82) is 0 Å². The normalized spacial score (nSPS) is 12.7. The molecule has 21 heavy (non-hydrogen) atoms. The molecule has 6 heteroatoms. The molecule has 0 aliphatic heterocycles. The van der Waals surface area contributed by atoms with E-state index in [0.717, 1.165) is 11.4 Å². The van der Waals surface area contributed by atoms with Crippen molar-refractivity contribution in [2.75, 3.05) is 0 Å². The molecule has 114 valence electrons. The Bertz CT molecular complexity index is 623. The van der Waals surface area contributed by atoms with Gasteiger partial charge >= 0.3 is 0 Å². The molecule has 1 heterocycles. The summed E-state index contributed by atoms with van der Waals surface area (Å²) in [4.78, 5) is 0. The summed E-state index contributed by atoms with van der Waals surface area (Å²) in [5.74, 6) is -0.409. The van der Waals surface area contributed by atoms with E-state index >= 15 is 0 Å². The predicted octanol–water partition coefficient (Wildman–Crippen LogP) is 3.80. The van der Waals surface area contributed by atoms with Gasteiger partial charge in [-0.3, -0.25) is 4.68 Å². The Morgan fingerprint density at radius 1 is 1.33 bits per heavy atom. The van der Waals surface area contributed by atoms with E-state index in [9.17, 15) is 9.50 Å². The van der Waals surface area contributed by atoms with Gasteiger partial charge in [0.1, 0.15) is 5.82 Å². The van der Waals surface area contributed by atoms with Crippen LogP contribution in [-0.2, 0) is 19.4 Å². The van der Waals surface area contributed by atoms with Crippen molar-refractivity contribution in [3.8, 4) is 0 Å². The predicted molar refractivity (Wildman–Crippen MR) is 82.5 cm³/mol. The lowest BCUT2D eigenvalue weighted by Gasteiger charge is -2.13. The molecule has 1 unspecified atom stereocenters. The summed E-state index contributed by atoms with van der Waals surface area (Å²) in [6, 6.07) is 4.49. The number of hydrogen-bond donors (Lipinski definition) is 1. The minimum absolute atomic E-state index is 0.135. The van der Waals surface area contributed by atoms with E-state index in [1.165, 1.54) is 6.07 Å². The Hall–Kier alpha value is -1.10. The van der Waals surface area contributed by atoms with Gasteiger partial charge in [0.2, 0.25) is 0 Å². The topological polar surface area (TPSA) is 38.0 Å². The molecular formula is C15H17Cl2FN2O. The number of hydrogen-bond acceptors (Lipinski definition) is 2. The maximum Gasteiger partial charge on any atom is 0.127 e. The standard InChI is InChI=1S/C15H17Cl2FN2O/c1-3-20-14(15(17)9(2)19-20)8-10(21)7-11-12(16)5-4-6-13(11)18/h4-6,10,21H,3,7-8H2,1-2H3. The lowest BCUT2D eigenvalue weighted by Crippen LogP contribution is -2.18. The van der Waals surface area contributed by atoms with Gasteiger partial charge in [0.05, 0.1) is 22.5 Å². The molecule has 2 rings (SSSR count). The maximum absolute atomic E-state index is 13.7. The van der Waals surface area contributed by atoms with Crippen molar-refractivity contribution >= 4 is 23.2 Å². The van der Waals surface area contributed by atoms with Crippen LogP contribution in [0, 0.1) is 12.7 Å². The Labute approximate surface area is 133 Å². The zero-order chi connectivity index (χ0) is 15.6. The van der Waals surface area contributed by atoms with Crippen LogP contribution in [0.5, 0.6) is 0 Å². The third kappa shape index (κ3) is 3.57. The van der Waals surface area contributed by atoms with Crippen molar-refractivity contribution < 1.29 is 9.50 Å². The molecule has 1 aromatic heterocycles. The number of halogens is 3. The summed E-state index contributed by atoms with van der Waals surface area (Å²) in [7, 11) is 0. The van der Waals surface area contributed by atoms with E-state index in [-0.39, 0.29) is 6.42 Å². The van der Waals surface area contributed by atoms with Crippen molar-refractivity contribution in [2.45, 2.75) is 39.3 Å². The number of aromatic nitrogens is 2. The lowest BCUT2D eigenvalue weighted by molar-refractivity contribution is 0.171. The average molecular weight is 331 g/mol. The second-order valence-electron chi connectivity index (χ2n) is 4.92. The fourth-order valence-electron chi connectivity index (χ4n) is 2.32. The Morgan fingerprint density at radius 3 is 2.67 bits per heavy atom. The van der Waals surface area contributed by atoms with E-state index in [0.29, 0.717) is 28.6 Å². The Balaban J connectivity index is 2.17. The first kappa shape index (κ1) is 16.3. The lowest BCUT2D eigenvalue weighted by atomic mass is 10.0. The molecule has 0 aliphatic rings. The summed E-state index contributed by atoms with van der Waals surface area (Å²) in [6.45, 7) is 4.43. The molecule has 0 aliphatic carbocycles. The Morgan fingerprint density at radius 2 is 2.05 bits per heavy atom. The number of rotatable bonds is 5. The van der Waals surface area contributed by atoms with Gasteiger partial charge in [0, 0.05) is 30.0 Å². The highest BCUT2D eigenvalue weighted by Gasteiger charge is 2.19. The quantitative estimate of drug-likeness (QED) is 0.905. The van der Waals surface area contributed by atoms with E-state index in [2.05, 4.69) is 5.10 Å². The molecular weight excluding hydrogens is 314 g/mol. The SMILES string of the molecule is CCn1nc(C)c(Cl)c1CC(O)Cc1c(F)cccc1Cl. The van der Waals surface area contributed by atoms with Gasteiger partial charge in [0.15, 0.2) is 0 Å². The molecule has 0 fully saturated rings. The van der Waals surface area contributed by atoms with Crippen LogP contribution in [0.1, 0.15) is 23.9 Å². The molecule has 0 bridgehead atoms. The van der Waals surface area contributed by atoms with Crippen LogP contribution in [0.15, 0.2) is 18.2 Å². The molecule has 0 saturated heterocycles. The average Bonchev–Trinajstić information content (AvgIpc) is 2.71. The molecule has 0 saturated carbocycles. The first-order valence-electron chi connectivity index (χ1n) is 6.76. The van der Waals surface area contributed by atoms with Crippen molar-refractivity contribution in [2.24, 2.45) is 0 Å². The van der Waals surface area contributed by atoms with Crippen molar-refractivity contribution in [3.05, 3.63) is 51.0 Å². The fourth-order valence-corrected chi connectivity index (χ4v) is 2.77. The van der Waals surface area contributed by atoms with Crippen LogP contribution < -0.4 is 0 Å². The zero-order valence-corrected chi connectivity index (χ0v) is 13.4. The van der Waals surface area contributed by atoms with Gasteiger partial charge in [-0.25, -0.2) is 4.39 Å². The van der Waals surface area contributed by atoms with Gasteiger partial charge in [-0.05, 0) is 26.0 Å². The van der Waals surface area contributed by atoms with Crippen LogP contribution in [0.4, 0.5) is 4.39 Å². The molecule has 1 atom stereocenters. The van der Waals surface area contributed by atoms with E-state index in [1.54, 1.807) is 16.8 Å². The molecule has 1 aromatic carbocycles. The smallest absolute Gasteiger partial charge is 0.127 e. The molecule has 0 spiro atoms. The van der Waals surface area contributed by atoms with E-state index in [1.807, 2.05) is 13.8 Å². The zero-order valence-electron chi connectivity index (χ0n) is 11.9. The summed E-state index contributed by atoms with van der Waals surface area (Å²) in [5.41, 5.74) is 1.81. The maximum atomic E-state index is 13.7. The van der Waals surface area contributed by atoms with Crippen molar-refractivity contribution in [3.63, 3.8) is 0 Å². The molecule has 3 nitrogen and oxygen atoms in total. The number of benzene rings is 1. The summed E-state index contributed by atoms with van der Waals surface area (Å²) >= 11 is 12.2. The van der Waals surface area contributed by atoms with Crippen LogP contribution in [0.25, 0.3) is 0 Å². The summed E-state index contributed by atoms with van der Waals surface area (Å²) < 4.78 is 15.5. The largest absolute Gasteiger partial charge is 0.392 e. The minimum atomic E-state index is -0.779. The third-order valence-corrected chi connectivity index (χ3v) is 4.23. The summed E-state index contributed by atoms with van der Waals surface area (Å²) in [5, 5.41) is 15.4. The fraction of sp³-hybridized carbons (Fsp3) is 0.400. The van der Waals surface area contributed by atoms with E-state index in [4.69, 9.17) is 23.2 Å². The molecule has 0 radical (unpaired) electrons. The second-order valence-corrected chi connectivity index (χ2v) is 5.71. The first-order valence-corrected chi connectivity index (χ1v) is 7.52. The Kier molecular flexibility index (Phi) is 5.25. The van der Waals surface area contributed by atoms with Gasteiger partial charge in [-0.2, -0.15) is 5.10 Å². The monoisotopic (exact) mass is 330 g/mol. The highest BCUT2D eigenvalue weighted by molar-refractivity contribution is 6.32. The minimum Gasteiger partial charge on any atom is -0.392 e. The van der Waals surface area contributed by atoms with Crippen LogP contribution in [0.3, 0.4) is 0 Å². The summed E-state index contributed by atoms with van der Waals surface area (Å²) in [6.07, 6.45) is -0.341. The van der Waals surface area contributed by atoms with Gasteiger partial charge in [0.25, 0.3) is 0 Å². The first-order chi connectivity index (χ1) is 9.93. The van der Waals surface area contributed by atoms with Crippen LogP contribution in [-0.4, -0.2) is 21.0 Å². The number of aliphatic hydroxyl groups is 1. The van der Waals surface area contributed by atoms with Crippen LogP contribution in [0.2, 0.25) is 10.0 Å². The molecule has 1 N–H and O–H groups in total. The van der Waals surface area contributed by atoms with Gasteiger partial charge in [-0.15, -0.1) is 0 Å². The number of nitrogens with zero attached hydrogens (tertiary/aromatic N) is 2. The molecule has 0 amide bonds. The number of aliphatic hydroxyl groups excluding tert-OH is 1. The van der Waals surface area contributed by atoms with Crippen LogP contribution >= 0.6 is 23.2 Å². The number of aryl methyl sites for hydroxylation is 2. The second kappa shape index (κ2) is 6.77. The third-order valence-electron chi connectivity index (χ3n) is 3.38.